The summed E-state index contributed by atoms with van der Waals surface area (Å²) < 4.78 is 25.7. The van der Waals surface area contributed by atoms with Crippen molar-refractivity contribution in [3.05, 3.63) is 0 Å². The predicted octanol–water partition coefficient (Wildman–Crippen LogP) is 1.34. The monoisotopic (exact) mass is 262 g/mol. The Morgan fingerprint density at radius 3 is 2.35 bits per heavy atom. The Hall–Kier alpha value is -0.130. The van der Waals surface area contributed by atoms with E-state index in [9.17, 15) is 8.42 Å². The molecule has 0 amide bonds. The molecule has 0 aromatic heterocycles. The number of nitrogens with one attached hydrogen (secondary N) is 2. The summed E-state index contributed by atoms with van der Waals surface area (Å²) in [5.74, 6) is 1.75. The molecule has 1 saturated carbocycles. The molecule has 0 unspecified atom stereocenters. The summed E-state index contributed by atoms with van der Waals surface area (Å²) in [7, 11) is -1.31. The first-order valence-electron chi connectivity index (χ1n) is 6.65. The standard InChI is InChI=1S/C12H26N2O2S/c1-11-3-5-12(6-4-11)7-8-14-17(15,16)10-9-13-2/h11-14H,3-10H2,1-2H3. The fourth-order valence-electron chi connectivity index (χ4n) is 2.34. The Labute approximate surface area is 106 Å². The summed E-state index contributed by atoms with van der Waals surface area (Å²) in [6, 6.07) is 0. The van der Waals surface area contributed by atoms with Crippen molar-refractivity contribution in [3.8, 4) is 0 Å². The van der Waals surface area contributed by atoms with E-state index < -0.39 is 10.0 Å². The third kappa shape index (κ3) is 6.38. The van der Waals surface area contributed by atoms with Crippen LogP contribution in [0.25, 0.3) is 0 Å². The van der Waals surface area contributed by atoms with Gasteiger partial charge in [-0.1, -0.05) is 32.6 Å². The van der Waals surface area contributed by atoms with Gasteiger partial charge in [0.15, 0.2) is 0 Å². The van der Waals surface area contributed by atoms with Gasteiger partial charge >= 0.3 is 0 Å². The first-order valence-corrected chi connectivity index (χ1v) is 8.30. The van der Waals surface area contributed by atoms with Crippen LogP contribution < -0.4 is 10.0 Å². The van der Waals surface area contributed by atoms with Crippen molar-refractivity contribution in [1.82, 2.24) is 10.0 Å². The van der Waals surface area contributed by atoms with Gasteiger partial charge in [-0.2, -0.15) is 0 Å². The van der Waals surface area contributed by atoms with Crippen LogP contribution in [-0.2, 0) is 10.0 Å². The average Bonchev–Trinajstić information content (AvgIpc) is 2.29. The summed E-state index contributed by atoms with van der Waals surface area (Å²) in [6.45, 7) is 3.41. The molecule has 0 aromatic rings. The van der Waals surface area contributed by atoms with E-state index in [-0.39, 0.29) is 5.75 Å². The normalized spacial score (nSPS) is 26.0. The van der Waals surface area contributed by atoms with E-state index in [2.05, 4.69) is 17.0 Å². The molecule has 1 fully saturated rings. The lowest BCUT2D eigenvalue weighted by molar-refractivity contribution is 0.278. The molecule has 0 aromatic carbocycles. The molecule has 0 saturated heterocycles. The molecule has 1 rings (SSSR count). The SMILES string of the molecule is CNCCS(=O)(=O)NCCC1CCC(C)CC1. The topological polar surface area (TPSA) is 58.2 Å². The van der Waals surface area contributed by atoms with Crippen LogP contribution in [0.5, 0.6) is 0 Å². The lowest BCUT2D eigenvalue weighted by atomic mass is 9.81. The van der Waals surface area contributed by atoms with Gasteiger partial charge < -0.3 is 5.32 Å². The number of hydrogen-bond donors (Lipinski definition) is 2. The van der Waals surface area contributed by atoms with Gasteiger partial charge in [-0.3, -0.25) is 0 Å². The molecule has 1 aliphatic rings. The summed E-state index contributed by atoms with van der Waals surface area (Å²) in [5, 5.41) is 2.85. The second-order valence-electron chi connectivity index (χ2n) is 5.23. The van der Waals surface area contributed by atoms with Crippen LogP contribution in [0.1, 0.15) is 39.0 Å². The largest absolute Gasteiger partial charge is 0.319 e. The minimum atomic E-state index is -3.07. The molecule has 0 aliphatic heterocycles. The minimum absolute atomic E-state index is 0.172. The van der Waals surface area contributed by atoms with Gasteiger partial charge in [0.1, 0.15) is 0 Å². The van der Waals surface area contributed by atoms with Gasteiger partial charge in [-0.25, -0.2) is 13.1 Å². The van der Waals surface area contributed by atoms with Crippen molar-refractivity contribution in [1.29, 1.82) is 0 Å². The van der Waals surface area contributed by atoms with Gasteiger partial charge in [0.2, 0.25) is 10.0 Å². The lowest BCUT2D eigenvalue weighted by Crippen LogP contribution is -2.32. The van der Waals surface area contributed by atoms with E-state index in [4.69, 9.17) is 0 Å². The molecule has 5 heteroatoms. The van der Waals surface area contributed by atoms with Crippen molar-refractivity contribution < 1.29 is 8.42 Å². The van der Waals surface area contributed by atoms with E-state index in [0.717, 1.165) is 18.3 Å². The van der Waals surface area contributed by atoms with E-state index in [1.165, 1.54) is 25.7 Å². The highest BCUT2D eigenvalue weighted by molar-refractivity contribution is 7.89. The molecule has 0 spiro atoms. The molecule has 0 atom stereocenters. The van der Waals surface area contributed by atoms with Crippen LogP contribution in [0.2, 0.25) is 0 Å². The second-order valence-corrected chi connectivity index (χ2v) is 7.16. The van der Waals surface area contributed by atoms with Crippen molar-refractivity contribution in [3.63, 3.8) is 0 Å². The van der Waals surface area contributed by atoms with Gasteiger partial charge in [-0.15, -0.1) is 0 Å². The second kappa shape index (κ2) is 7.34. The molecule has 0 bridgehead atoms. The van der Waals surface area contributed by atoms with Crippen LogP contribution in [0, 0.1) is 11.8 Å². The Bertz CT molecular complexity index is 296. The smallest absolute Gasteiger partial charge is 0.212 e. The lowest BCUT2D eigenvalue weighted by Gasteiger charge is -2.26. The van der Waals surface area contributed by atoms with Crippen LogP contribution in [0.3, 0.4) is 0 Å². The van der Waals surface area contributed by atoms with Gasteiger partial charge in [0.25, 0.3) is 0 Å². The van der Waals surface area contributed by atoms with Crippen LogP contribution >= 0.6 is 0 Å². The molecule has 0 heterocycles. The predicted molar refractivity (Wildman–Crippen MR) is 71.5 cm³/mol. The maximum atomic E-state index is 11.5. The summed E-state index contributed by atoms with van der Waals surface area (Å²) >= 11 is 0. The highest BCUT2D eigenvalue weighted by Gasteiger charge is 2.18. The molecule has 0 radical (unpaired) electrons. The number of sulfonamides is 1. The van der Waals surface area contributed by atoms with Crippen LogP contribution in [0.4, 0.5) is 0 Å². The number of rotatable bonds is 7. The fraction of sp³-hybridized carbons (Fsp3) is 1.00. The zero-order chi connectivity index (χ0) is 12.7. The molecular weight excluding hydrogens is 236 g/mol. The fourth-order valence-corrected chi connectivity index (χ4v) is 3.39. The van der Waals surface area contributed by atoms with E-state index in [1.807, 2.05) is 0 Å². The molecule has 102 valence electrons. The van der Waals surface area contributed by atoms with E-state index in [0.29, 0.717) is 13.1 Å². The maximum Gasteiger partial charge on any atom is 0.212 e. The van der Waals surface area contributed by atoms with Gasteiger partial charge in [0.05, 0.1) is 5.75 Å². The average molecular weight is 262 g/mol. The van der Waals surface area contributed by atoms with Crippen LogP contribution in [-0.4, -0.2) is 34.3 Å². The first kappa shape index (κ1) is 14.9. The minimum Gasteiger partial charge on any atom is -0.319 e. The molecular formula is C12H26N2O2S. The van der Waals surface area contributed by atoms with Crippen molar-refractivity contribution in [2.75, 3.05) is 25.9 Å². The van der Waals surface area contributed by atoms with Crippen LogP contribution in [0.15, 0.2) is 0 Å². The highest BCUT2D eigenvalue weighted by Crippen LogP contribution is 2.29. The third-order valence-corrected chi connectivity index (χ3v) is 5.02. The summed E-state index contributed by atoms with van der Waals surface area (Å²) in [6.07, 6.45) is 6.12. The van der Waals surface area contributed by atoms with E-state index in [1.54, 1.807) is 7.05 Å². The van der Waals surface area contributed by atoms with Crippen molar-refractivity contribution >= 4 is 10.0 Å². The zero-order valence-electron chi connectivity index (χ0n) is 11.0. The van der Waals surface area contributed by atoms with Gasteiger partial charge in [0, 0.05) is 13.1 Å². The van der Waals surface area contributed by atoms with E-state index >= 15 is 0 Å². The molecule has 17 heavy (non-hydrogen) atoms. The number of hydrogen-bond acceptors (Lipinski definition) is 3. The maximum absolute atomic E-state index is 11.5. The Morgan fingerprint density at radius 2 is 1.76 bits per heavy atom. The molecule has 1 aliphatic carbocycles. The van der Waals surface area contributed by atoms with Crippen molar-refractivity contribution in [2.45, 2.75) is 39.0 Å². The molecule has 4 nitrogen and oxygen atoms in total. The Kier molecular flexibility index (Phi) is 6.44. The quantitative estimate of drug-likeness (QED) is 0.728. The summed E-state index contributed by atoms with van der Waals surface area (Å²) in [4.78, 5) is 0. The Morgan fingerprint density at radius 1 is 1.12 bits per heavy atom. The first-order chi connectivity index (χ1) is 8.03. The zero-order valence-corrected chi connectivity index (χ0v) is 11.9. The molecule has 2 N–H and O–H groups in total. The third-order valence-electron chi connectivity index (χ3n) is 3.63. The Balaban J connectivity index is 2.14. The van der Waals surface area contributed by atoms with Crippen molar-refractivity contribution in [2.24, 2.45) is 11.8 Å². The highest BCUT2D eigenvalue weighted by atomic mass is 32.2. The summed E-state index contributed by atoms with van der Waals surface area (Å²) in [5.41, 5.74) is 0. The van der Waals surface area contributed by atoms with Gasteiger partial charge in [-0.05, 0) is 25.3 Å².